The van der Waals surface area contributed by atoms with Crippen molar-refractivity contribution in [3.8, 4) is 0 Å². The average Bonchev–Trinajstić information content (AvgIpc) is 3.74. The first-order valence-electron chi connectivity index (χ1n) is 13.4. The number of hydrogen-bond acceptors (Lipinski definition) is 7. The van der Waals surface area contributed by atoms with Gasteiger partial charge in [0, 0.05) is 33.3 Å². The first kappa shape index (κ1) is 27.4. The van der Waals surface area contributed by atoms with Gasteiger partial charge in [0.15, 0.2) is 0 Å². The molecule has 4 aliphatic rings. The number of methoxy groups -OCH3 is 1. The second kappa shape index (κ2) is 10.6. The van der Waals surface area contributed by atoms with Crippen molar-refractivity contribution in [2.45, 2.75) is 89.4 Å². The Morgan fingerprint density at radius 1 is 1.19 bits per heavy atom. The lowest BCUT2D eigenvalue weighted by molar-refractivity contribution is -0.136. The summed E-state index contributed by atoms with van der Waals surface area (Å²) in [4.78, 5) is 30.3. The summed E-state index contributed by atoms with van der Waals surface area (Å²) in [6, 6.07) is -0.628. The molecule has 4 fully saturated rings. The Morgan fingerprint density at radius 3 is 2.42 bits per heavy atom. The fraction of sp³-hybridized carbons (Fsp3) is 0.852. The molecule has 0 aromatic rings. The Balaban J connectivity index is 1.41. The van der Waals surface area contributed by atoms with Crippen LogP contribution in [0.4, 0.5) is 4.79 Å². The Hall–Kier alpha value is -1.68. The molecule has 7 atom stereocenters. The number of amides is 2. The minimum atomic E-state index is -0.628. The first-order chi connectivity index (χ1) is 17.0. The number of likely N-dealkylation sites (N-methyl/N-ethyl adjacent to an activating group) is 1. The summed E-state index contributed by atoms with van der Waals surface area (Å²) < 4.78 is 24.2. The molecule has 9 heteroatoms. The summed E-state index contributed by atoms with van der Waals surface area (Å²) in [5.41, 5.74) is 0.601. The maximum absolute atomic E-state index is 13.2. The molecule has 0 aromatic carbocycles. The quantitative estimate of drug-likeness (QED) is 0.398. The van der Waals surface area contributed by atoms with Crippen LogP contribution in [0.5, 0.6) is 0 Å². The van der Waals surface area contributed by atoms with Crippen molar-refractivity contribution in [1.82, 2.24) is 15.1 Å². The Morgan fingerprint density at radius 2 is 1.86 bits per heavy atom. The van der Waals surface area contributed by atoms with E-state index in [1.165, 1.54) is 5.57 Å². The number of nitrogens with one attached hydrogen (secondary N) is 1. The Labute approximate surface area is 215 Å². The molecule has 2 amide bonds. The molecular formula is C27H45N3O6. The van der Waals surface area contributed by atoms with E-state index in [9.17, 15) is 9.59 Å². The molecule has 0 radical (unpaired) electrons. The fourth-order valence-corrected chi connectivity index (χ4v) is 6.11. The van der Waals surface area contributed by atoms with E-state index < -0.39 is 18.2 Å². The van der Waals surface area contributed by atoms with Gasteiger partial charge in [0.1, 0.15) is 29.5 Å². The largest absolute Gasteiger partial charge is 0.443 e. The highest BCUT2D eigenvalue weighted by Crippen LogP contribution is 2.59. The molecular weight excluding hydrogens is 462 g/mol. The monoisotopic (exact) mass is 507 g/mol. The number of hydrogen-bond donors (Lipinski definition) is 1. The molecule has 3 saturated heterocycles. The molecule has 1 spiro atoms. The molecule has 1 N–H and O–H groups in total. The second-order valence-corrected chi connectivity index (χ2v) is 11.8. The van der Waals surface area contributed by atoms with E-state index in [2.05, 4.69) is 44.1 Å². The number of carbonyl (C=O) groups excluding carboxylic acids is 2. The third-order valence-electron chi connectivity index (χ3n) is 8.52. The van der Waals surface area contributed by atoms with Crippen LogP contribution in [0.25, 0.3) is 0 Å². The minimum absolute atomic E-state index is 0.0371. The van der Waals surface area contributed by atoms with Gasteiger partial charge in [-0.25, -0.2) is 4.79 Å². The van der Waals surface area contributed by atoms with Crippen LogP contribution >= 0.6 is 0 Å². The van der Waals surface area contributed by atoms with Crippen molar-refractivity contribution >= 4 is 12.0 Å². The minimum Gasteiger partial charge on any atom is -0.443 e. The highest BCUT2D eigenvalue weighted by Gasteiger charge is 2.72. The fourth-order valence-electron chi connectivity index (χ4n) is 6.11. The first-order valence-corrected chi connectivity index (χ1v) is 13.4. The van der Waals surface area contributed by atoms with Crippen molar-refractivity contribution in [3.63, 3.8) is 0 Å². The Bertz CT molecular complexity index is 846. The summed E-state index contributed by atoms with van der Waals surface area (Å²) in [6.07, 6.45) is 3.22. The van der Waals surface area contributed by atoms with Crippen LogP contribution in [-0.2, 0) is 23.7 Å². The third-order valence-corrected chi connectivity index (χ3v) is 8.52. The molecule has 1 saturated carbocycles. The SMILES string of the molecule is CO[C@H]1[C@H](C2(C)O[C@@H]2CC=C(C)C)[C@]2(CC[C@H]1OC(=O)N[C@@H](C(=O)N1CCN(C)CC1)C(C)C)CO2. The summed E-state index contributed by atoms with van der Waals surface area (Å²) in [5, 5.41) is 2.87. The normalized spacial score (nSPS) is 36.9. The predicted molar refractivity (Wildman–Crippen MR) is 136 cm³/mol. The van der Waals surface area contributed by atoms with E-state index in [1.807, 2.05) is 18.7 Å². The number of piperazine rings is 1. The van der Waals surface area contributed by atoms with Gasteiger partial charge in [-0.15, -0.1) is 0 Å². The lowest BCUT2D eigenvalue weighted by atomic mass is 9.68. The standard InChI is InChI=1S/C27H45N3O6/c1-17(2)8-9-20-26(5,36-20)23-22(33-7)19(10-11-27(23)16-34-27)35-25(32)28-21(18(3)4)24(31)30-14-12-29(6)13-15-30/h8,18-23H,9-16H2,1-7H3,(H,28,32)/t19-,20-,21-,22-,23-,26?,27+/m1/s1. The third kappa shape index (κ3) is 5.59. The number of nitrogens with zero attached hydrogens (tertiary/aromatic N) is 2. The molecule has 9 nitrogen and oxygen atoms in total. The van der Waals surface area contributed by atoms with E-state index in [1.54, 1.807) is 7.11 Å². The van der Waals surface area contributed by atoms with Gasteiger partial charge in [-0.05, 0) is 53.0 Å². The van der Waals surface area contributed by atoms with Crippen LogP contribution in [-0.4, -0.2) is 104 Å². The maximum Gasteiger partial charge on any atom is 0.408 e. The van der Waals surface area contributed by atoms with E-state index in [-0.39, 0.29) is 41.2 Å². The van der Waals surface area contributed by atoms with Crippen molar-refractivity contribution in [1.29, 1.82) is 0 Å². The second-order valence-electron chi connectivity index (χ2n) is 11.8. The van der Waals surface area contributed by atoms with Gasteiger partial charge in [0.2, 0.25) is 5.91 Å². The predicted octanol–water partition coefficient (Wildman–Crippen LogP) is 2.59. The average molecular weight is 508 g/mol. The number of carbonyl (C=O) groups is 2. The van der Waals surface area contributed by atoms with Crippen molar-refractivity contribution in [3.05, 3.63) is 11.6 Å². The van der Waals surface area contributed by atoms with Gasteiger partial charge in [0.05, 0.1) is 18.6 Å². The van der Waals surface area contributed by atoms with E-state index in [0.29, 0.717) is 26.1 Å². The van der Waals surface area contributed by atoms with Crippen LogP contribution in [0.3, 0.4) is 0 Å². The van der Waals surface area contributed by atoms with E-state index in [0.717, 1.165) is 25.9 Å². The van der Waals surface area contributed by atoms with E-state index >= 15 is 0 Å². The number of ether oxygens (including phenoxy) is 4. The highest BCUT2D eigenvalue weighted by molar-refractivity contribution is 5.86. The van der Waals surface area contributed by atoms with Gasteiger partial charge >= 0.3 is 6.09 Å². The maximum atomic E-state index is 13.2. The molecule has 36 heavy (non-hydrogen) atoms. The van der Waals surface area contributed by atoms with Crippen LogP contribution in [0.1, 0.15) is 53.9 Å². The zero-order valence-electron chi connectivity index (χ0n) is 23.0. The van der Waals surface area contributed by atoms with Crippen molar-refractivity contribution in [2.24, 2.45) is 11.8 Å². The molecule has 3 heterocycles. The highest BCUT2D eigenvalue weighted by atomic mass is 16.6. The van der Waals surface area contributed by atoms with Crippen LogP contribution < -0.4 is 5.32 Å². The number of rotatable bonds is 8. The van der Waals surface area contributed by atoms with Crippen LogP contribution in [0.2, 0.25) is 0 Å². The Kier molecular flexibility index (Phi) is 8.05. The van der Waals surface area contributed by atoms with Gasteiger partial charge in [-0.1, -0.05) is 25.5 Å². The van der Waals surface area contributed by atoms with Gasteiger partial charge in [-0.3, -0.25) is 4.79 Å². The van der Waals surface area contributed by atoms with Crippen LogP contribution in [0, 0.1) is 11.8 Å². The smallest absolute Gasteiger partial charge is 0.408 e. The summed E-state index contributed by atoms with van der Waals surface area (Å²) in [7, 11) is 3.71. The molecule has 204 valence electrons. The number of alkyl carbamates (subject to hydrolysis) is 1. The van der Waals surface area contributed by atoms with Crippen LogP contribution in [0.15, 0.2) is 11.6 Å². The summed E-state index contributed by atoms with van der Waals surface area (Å²) >= 11 is 0. The topological polar surface area (TPSA) is 96.2 Å². The molecule has 3 aliphatic heterocycles. The molecule has 1 unspecified atom stereocenters. The van der Waals surface area contributed by atoms with Crippen molar-refractivity contribution < 1.29 is 28.5 Å². The zero-order chi connectivity index (χ0) is 26.3. The number of epoxide rings is 2. The molecule has 4 rings (SSSR count). The summed E-state index contributed by atoms with van der Waals surface area (Å²) in [6.45, 7) is 13.9. The van der Waals surface area contributed by atoms with Gasteiger partial charge in [-0.2, -0.15) is 0 Å². The summed E-state index contributed by atoms with van der Waals surface area (Å²) in [5.74, 6) is -0.143. The van der Waals surface area contributed by atoms with Crippen molar-refractivity contribution in [2.75, 3.05) is 46.9 Å². The lowest BCUT2D eigenvalue weighted by Gasteiger charge is -2.42. The van der Waals surface area contributed by atoms with Gasteiger partial charge in [0.25, 0.3) is 0 Å². The molecule has 0 bridgehead atoms. The lowest BCUT2D eigenvalue weighted by Crippen LogP contribution is -2.58. The molecule has 0 aromatic heterocycles. The zero-order valence-corrected chi connectivity index (χ0v) is 23.0. The van der Waals surface area contributed by atoms with E-state index in [4.69, 9.17) is 18.9 Å². The number of allylic oxidation sites excluding steroid dienone is 1. The van der Waals surface area contributed by atoms with Gasteiger partial charge < -0.3 is 34.1 Å². The molecule has 1 aliphatic carbocycles.